The number of amides is 1. The molecule has 0 saturated carbocycles. The maximum atomic E-state index is 12.7. The lowest BCUT2D eigenvalue weighted by Gasteiger charge is -2.31. The summed E-state index contributed by atoms with van der Waals surface area (Å²) in [6.45, 7) is 2.62. The summed E-state index contributed by atoms with van der Waals surface area (Å²) >= 11 is 9.47. The van der Waals surface area contributed by atoms with E-state index in [-0.39, 0.29) is 11.9 Å². The SMILES string of the molecule is CC(Oc1cccc(Cl)c1)C(=O)N1CCCCCC1CBr. The monoisotopic (exact) mass is 373 g/mol. The van der Waals surface area contributed by atoms with Crippen LogP contribution in [-0.4, -0.2) is 34.8 Å². The fourth-order valence-corrected chi connectivity index (χ4v) is 3.51. The molecule has 5 heteroatoms. The van der Waals surface area contributed by atoms with E-state index in [1.807, 2.05) is 17.0 Å². The Labute approximate surface area is 139 Å². The van der Waals surface area contributed by atoms with Crippen LogP contribution in [0.1, 0.15) is 32.6 Å². The molecule has 3 nitrogen and oxygen atoms in total. The largest absolute Gasteiger partial charge is 0.481 e. The van der Waals surface area contributed by atoms with Crippen LogP contribution in [0.5, 0.6) is 5.75 Å². The molecule has 1 amide bonds. The standard InChI is InChI=1S/C16H21BrClNO2/c1-12(21-15-8-5-6-13(18)10-15)16(20)19-9-4-2-3-7-14(19)11-17/h5-6,8,10,12,14H,2-4,7,9,11H2,1H3. The second-order valence-corrected chi connectivity index (χ2v) is 6.49. The summed E-state index contributed by atoms with van der Waals surface area (Å²) in [5, 5.41) is 1.43. The lowest BCUT2D eigenvalue weighted by atomic mass is 10.1. The van der Waals surface area contributed by atoms with E-state index in [1.165, 1.54) is 12.8 Å². The minimum atomic E-state index is -0.497. The lowest BCUT2D eigenvalue weighted by molar-refractivity contribution is -0.139. The number of carbonyl (C=O) groups excluding carboxylic acids is 1. The van der Waals surface area contributed by atoms with Crippen LogP contribution in [0, 0.1) is 0 Å². The maximum absolute atomic E-state index is 12.7. The molecule has 0 aliphatic carbocycles. The van der Waals surface area contributed by atoms with Gasteiger partial charge in [-0.15, -0.1) is 0 Å². The van der Waals surface area contributed by atoms with Crippen molar-refractivity contribution in [1.82, 2.24) is 4.90 Å². The van der Waals surface area contributed by atoms with Gasteiger partial charge in [-0.3, -0.25) is 4.79 Å². The molecule has 2 atom stereocenters. The molecule has 21 heavy (non-hydrogen) atoms. The Morgan fingerprint density at radius 2 is 2.29 bits per heavy atom. The molecular weight excluding hydrogens is 354 g/mol. The number of nitrogens with zero attached hydrogens (tertiary/aromatic N) is 1. The van der Waals surface area contributed by atoms with Gasteiger partial charge < -0.3 is 9.64 Å². The molecule has 0 spiro atoms. The summed E-state index contributed by atoms with van der Waals surface area (Å²) < 4.78 is 5.75. The van der Waals surface area contributed by atoms with Gasteiger partial charge in [0.15, 0.2) is 6.10 Å². The third-order valence-corrected chi connectivity index (χ3v) is 4.78. The minimum Gasteiger partial charge on any atom is -0.481 e. The number of hydrogen-bond donors (Lipinski definition) is 0. The molecule has 0 N–H and O–H groups in total. The number of rotatable bonds is 4. The van der Waals surface area contributed by atoms with E-state index < -0.39 is 6.10 Å². The molecule has 1 aromatic carbocycles. The highest BCUT2D eigenvalue weighted by atomic mass is 79.9. The van der Waals surface area contributed by atoms with Crippen LogP contribution in [0.3, 0.4) is 0 Å². The van der Waals surface area contributed by atoms with Gasteiger partial charge in [-0.25, -0.2) is 0 Å². The van der Waals surface area contributed by atoms with E-state index in [9.17, 15) is 4.79 Å². The zero-order valence-electron chi connectivity index (χ0n) is 12.2. The predicted octanol–water partition coefficient (Wildman–Crippen LogP) is 4.27. The second-order valence-electron chi connectivity index (χ2n) is 5.41. The van der Waals surface area contributed by atoms with Crippen molar-refractivity contribution in [2.45, 2.75) is 44.8 Å². The molecule has 1 fully saturated rings. The van der Waals surface area contributed by atoms with Crippen LogP contribution in [0.2, 0.25) is 5.02 Å². The zero-order valence-corrected chi connectivity index (χ0v) is 14.6. The molecule has 2 rings (SSSR count). The van der Waals surface area contributed by atoms with Crippen LogP contribution in [0.15, 0.2) is 24.3 Å². The Balaban J connectivity index is 2.03. The molecule has 1 aromatic rings. The molecular formula is C16H21BrClNO2. The minimum absolute atomic E-state index is 0.0568. The van der Waals surface area contributed by atoms with Crippen molar-refractivity contribution < 1.29 is 9.53 Å². The smallest absolute Gasteiger partial charge is 0.263 e. The van der Waals surface area contributed by atoms with Gasteiger partial charge in [0.05, 0.1) is 0 Å². The van der Waals surface area contributed by atoms with Crippen LogP contribution in [0.25, 0.3) is 0 Å². The first kappa shape index (κ1) is 16.6. The van der Waals surface area contributed by atoms with Gasteiger partial charge in [0, 0.05) is 22.9 Å². The Kier molecular flexibility index (Phi) is 6.37. The third kappa shape index (κ3) is 4.62. The summed E-state index contributed by atoms with van der Waals surface area (Å²) in [5.74, 6) is 0.690. The Morgan fingerprint density at radius 1 is 1.48 bits per heavy atom. The Hall–Kier alpha value is -0.740. The van der Waals surface area contributed by atoms with Crippen LogP contribution < -0.4 is 4.74 Å². The Bertz CT molecular complexity index is 483. The van der Waals surface area contributed by atoms with Crippen molar-refractivity contribution in [3.63, 3.8) is 0 Å². The van der Waals surface area contributed by atoms with E-state index in [0.29, 0.717) is 10.8 Å². The zero-order chi connectivity index (χ0) is 15.2. The first-order valence-corrected chi connectivity index (χ1v) is 8.90. The molecule has 1 heterocycles. The fourth-order valence-electron chi connectivity index (χ4n) is 2.66. The van der Waals surface area contributed by atoms with Gasteiger partial charge >= 0.3 is 0 Å². The summed E-state index contributed by atoms with van der Waals surface area (Å²) in [7, 11) is 0. The average Bonchev–Trinajstić information content (AvgIpc) is 2.71. The van der Waals surface area contributed by atoms with Crippen molar-refractivity contribution in [1.29, 1.82) is 0 Å². The molecule has 2 unspecified atom stereocenters. The topological polar surface area (TPSA) is 29.5 Å². The van der Waals surface area contributed by atoms with Gasteiger partial charge in [0.25, 0.3) is 5.91 Å². The van der Waals surface area contributed by atoms with E-state index >= 15 is 0 Å². The van der Waals surface area contributed by atoms with Crippen molar-refractivity contribution in [2.24, 2.45) is 0 Å². The van der Waals surface area contributed by atoms with Crippen LogP contribution in [-0.2, 0) is 4.79 Å². The van der Waals surface area contributed by atoms with Crippen molar-refractivity contribution in [3.8, 4) is 5.75 Å². The molecule has 0 radical (unpaired) electrons. The third-order valence-electron chi connectivity index (χ3n) is 3.80. The van der Waals surface area contributed by atoms with Gasteiger partial charge in [-0.1, -0.05) is 46.4 Å². The predicted molar refractivity (Wildman–Crippen MR) is 89.3 cm³/mol. The molecule has 0 bridgehead atoms. The summed E-state index contributed by atoms with van der Waals surface area (Å²) in [4.78, 5) is 14.6. The number of hydrogen-bond acceptors (Lipinski definition) is 2. The van der Waals surface area contributed by atoms with Crippen molar-refractivity contribution in [3.05, 3.63) is 29.3 Å². The first-order valence-electron chi connectivity index (χ1n) is 7.40. The van der Waals surface area contributed by atoms with E-state index in [1.54, 1.807) is 19.1 Å². The maximum Gasteiger partial charge on any atom is 0.263 e. The van der Waals surface area contributed by atoms with E-state index in [4.69, 9.17) is 16.3 Å². The van der Waals surface area contributed by atoms with Crippen LogP contribution in [0.4, 0.5) is 0 Å². The quantitative estimate of drug-likeness (QED) is 0.736. The highest BCUT2D eigenvalue weighted by Crippen LogP contribution is 2.22. The number of carbonyl (C=O) groups is 1. The Morgan fingerprint density at radius 3 is 3.00 bits per heavy atom. The molecule has 1 saturated heterocycles. The number of alkyl halides is 1. The van der Waals surface area contributed by atoms with E-state index in [2.05, 4.69) is 15.9 Å². The number of ether oxygens (including phenoxy) is 1. The van der Waals surface area contributed by atoms with Gasteiger partial charge in [-0.2, -0.15) is 0 Å². The highest BCUT2D eigenvalue weighted by Gasteiger charge is 2.28. The normalized spacial score (nSPS) is 20.7. The highest BCUT2D eigenvalue weighted by molar-refractivity contribution is 9.09. The number of benzene rings is 1. The summed E-state index contributed by atoms with van der Waals surface area (Å²) in [6.07, 6.45) is 4.00. The van der Waals surface area contributed by atoms with Crippen LogP contribution >= 0.6 is 27.5 Å². The van der Waals surface area contributed by atoms with E-state index in [0.717, 1.165) is 24.7 Å². The molecule has 1 aliphatic rings. The lowest BCUT2D eigenvalue weighted by Crippen LogP contribution is -2.47. The van der Waals surface area contributed by atoms with Crippen molar-refractivity contribution >= 4 is 33.4 Å². The average molecular weight is 375 g/mol. The van der Waals surface area contributed by atoms with Gasteiger partial charge in [0.1, 0.15) is 5.75 Å². The molecule has 116 valence electrons. The van der Waals surface area contributed by atoms with Gasteiger partial charge in [0.2, 0.25) is 0 Å². The first-order chi connectivity index (χ1) is 10.1. The summed E-state index contributed by atoms with van der Waals surface area (Å²) in [5.41, 5.74) is 0. The second kappa shape index (κ2) is 8.04. The molecule has 1 aliphatic heterocycles. The fraction of sp³-hybridized carbons (Fsp3) is 0.562. The summed E-state index contributed by atoms with van der Waals surface area (Å²) in [6, 6.07) is 7.43. The molecule has 0 aromatic heterocycles. The number of halogens is 2. The van der Waals surface area contributed by atoms with Crippen molar-refractivity contribution in [2.75, 3.05) is 11.9 Å². The van der Waals surface area contributed by atoms with Gasteiger partial charge in [-0.05, 0) is 38.0 Å². The number of likely N-dealkylation sites (tertiary alicyclic amines) is 1.